The first-order chi connectivity index (χ1) is 14.2. The molecular formula is C21H28N4O4. The molecule has 3 rings (SSSR count). The molecule has 156 valence electrons. The van der Waals surface area contributed by atoms with Gasteiger partial charge in [0.05, 0.1) is 19.8 Å². The van der Waals surface area contributed by atoms with E-state index in [1.165, 1.54) is 0 Å². The van der Waals surface area contributed by atoms with Crippen LogP contribution in [-0.2, 0) is 0 Å². The third-order valence-corrected chi connectivity index (χ3v) is 4.60. The van der Waals surface area contributed by atoms with E-state index < -0.39 is 0 Å². The number of aromatic nitrogens is 2. The van der Waals surface area contributed by atoms with Gasteiger partial charge in [-0.15, -0.1) is 10.2 Å². The van der Waals surface area contributed by atoms with E-state index >= 15 is 0 Å². The fourth-order valence-corrected chi connectivity index (χ4v) is 3.21. The summed E-state index contributed by atoms with van der Waals surface area (Å²) in [6.07, 6.45) is 0. The Labute approximate surface area is 171 Å². The normalized spacial score (nSPS) is 13.9. The molecule has 29 heavy (non-hydrogen) atoms. The van der Waals surface area contributed by atoms with Gasteiger partial charge in [-0.05, 0) is 45.0 Å². The number of amides is 1. The summed E-state index contributed by atoms with van der Waals surface area (Å²) in [6.45, 7) is 9.99. The molecule has 0 bridgehead atoms. The Morgan fingerprint density at radius 2 is 1.55 bits per heavy atom. The molecule has 2 aromatic rings. The lowest BCUT2D eigenvalue weighted by Crippen LogP contribution is -2.49. The van der Waals surface area contributed by atoms with Crippen molar-refractivity contribution < 1.29 is 19.0 Å². The van der Waals surface area contributed by atoms with Crippen molar-refractivity contribution in [3.05, 3.63) is 35.9 Å². The topological polar surface area (TPSA) is 77.0 Å². The summed E-state index contributed by atoms with van der Waals surface area (Å²) < 4.78 is 16.6. The lowest BCUT2D eigenvalue weighted by molar-refractivity contribution is 0.0746. The molecule has 2 heterocycles. The number of hydrogen-bond acceptors (Lipinski definition) is 7. The number of nitrogens with zero attached hydrogens (tertiary/aromatic N) is 4. The summed E-state index contributed by atoms with van der Waals surface area (Å²) in [5.41, 5.74) is 0.603. The predicted molar refractivity (Wildman–Crippen MR) is 110 cm³/mol. The van der Waals surface area contributed by atoms with Crippen LogP contribution in [0.2, 0.25) is 0 Å². The van der Waals surface area contributed by atoms with Gasteiger partial charge in [-0.3, -0.25) is 4.79 Å². The summed E-state index contributed by atoms with van der Waals surface area (Å²) >= 11 is 0. The molecule has 0 aliphatic carbocycles. The molecule has 1 aliphatic heterocycles. The molecule has 0 radical (unpaired) electrons. The summed E-state index contributed by atoms with van der Waals surface area (Å²) in [7, 11) is 0. The minimum absolute atomic E-state index is 0.00794. The zero-order chi connectivity index (χ0) is 20.6. The van der Waals surface area contributed by atoms with Crippen LogP contribution in [0.25, 0.3) is 0 Å². The first kappa shape index (κ1) is 20.7. The number of rotatable bonds is 8. The maximum Gasteiger partial charge on any atom is 0.254 e. The Hall–Kier alpha value is -3.03. The van der Waals surface area contributed by atoms with Crippen molar-refractivity contribution in [1.29, 1.82) is 0 Å². The van der Waals surface area contributed by atoms with Crippen LogP contribution in [0.4, 0.5) is 5.82 Å². The molecule has 1 amide bonds. The van der Waals surface area contributed by atoms with E-state index in [-0.39, 0.29) is 5.91 Å². The maximum absolute atomic E-state index is 13.0. The van der Waals surface area contributed by atoms with Gasteiger partial charge < -0.3 is 24.0 Å². The van der Waals surface area contributed by atoms with E-state index in [0.717, 1.165) is 5.82 Å². The van der Waals surface area contributed by atoms with Crippen molar-refractivity contribution in [3.63, 3.8) is 0 Å². The second-order valence-corrected chi connectivity index (χ2v) is 6.47. The second kappa shape index (κ2) is 9.95. The monoisotopic (exact) mass is 400 g/mol. The molecule has 0 unspecified atom stereocenters. The average molecular weight is 400 g/mol. The summed E-state index contributed by atoms with van der Waals surface area (Å²) in [4.78, 5) is 16.9. The van der Waals surface area contributed by atoms with Crippen molar-refractivity contribution >= 4 is 11.7 Å². The van der Waals surface area contributed by atoms with Crippen LogP contribution in [0, 0.1) is 0 Å². The molecule has 1 fully saturated rings. The van der Waals surface area contributed by atoms with Crippen LogP contribution in [-0.4, -0.2) is 67.0 Å². The molecule has 0 atom stereocenters. The third kappa shape index (κ3) is 5.07. The molecule has 0 spiro atoms. The van der Waals surface area contributed by atoms with Crippen LogP contribution < -0.4 is 19.1 Å². The predicted octanol–water partition coefficient (Wildman–Crippen LogP) is 2.64. The highest BCUT2D eigenvalue weighted by Crippen LogP contribution is 2.29. The number of carbonyl (C=O) groups is 1. The van der Waals surface area contributed by atoms with Crippen molar-refractivity contribution in [2.24, 2.45) is 0 Å². The fourth-order valence-electron chi connectivity index (χ4n) is 3.21. The smallest absolute Gasteiger partial charge is 0.254 e. The Morgan fingerprint density at radius 1 is 0.862 bits per heavy atom. The molecular weight excluding hydrogens is 372 g/mol. The average Bonchev–Trinajstić information content (AvgIpc) is 2.76. The van der Waals surface area contributed by atoms with Gasteiger partial charge in [0, 0.05) is 37.8 Å². The summed E-state index contributed by atoms with van der Waals surface area (Å²) in [5, 5.41) is 8.30. The van der Waals surface area contributed by atoms with E-state index in [4.69, 9.17) is 14.2 Å². The van der Waals surface area contributed by atoms with Crippen LogP contribution in [0.15, 0.2) is 30.3 Å². The number of benzene rings is 1. The van der Waals surface area contributed by atoms with Gasteiger partial charge in [-0.2, -0.15) is 0 Å². The van der Waals surface area contributed by atoms with Crippen molar-refractivity contribution in [2.45, 2.75) is 20.8 Å². The van der Waals surface area contributed by atoms with Crippen molar-refractivity contribution in [3.8, 4) is 17.4 Å². The zero-order valence-electron chi connectivity index (χ0n) is 17.3. The second-order valence-electron chi connectivity index (χ2n) is 6.47. The minimum atomic E-state index is -0.00794. The standard InChI is InChI=1S/C21H28N4O4/c1-4-27-17-8-7-16(15-18(17)28-5-2)21(26)25-13-11-24(12-14-25)19-9-10-20(23-22-19)29-6-3/h7-10,15H,4-6,11-14H2,1-3H3. The SMILES string of the molecule is CCOc1ccc(N2CCN(C(=O)c3ccc(OCC)c(OCC)c3)CC2)nn1. The van der Waals surface area contributed by atoms with Gasteiger partial charge in [0.15, 0.2) is 17.3 Å². The lowest BCUT2D eigenvalue weighted by Gasteiger charge is -2.35. The quantitative estimate of drug-likeness (QED) is 0.674. The van der Waals surface area contributed by atoms with Crippen LogP contribution in [0.3, 0.4) is 0 Å². The number of hydrogen-bond donors (Lipinski definition) is 0. The highest BCUT2D eigenvalue weighted by Gasteiger charge is 2.24. The van der Waals surface area contributed by atoms with Gasteiger partial charge in [0.1, 0.15) is 0 Å². The molecule has 0 saturated carbocycles. The highest BCUT2D eigenvalue weighted by atomic mass is 16.5. The van der Waals surface area contributed by atoms with E-state index in [2.05, 4.69) is 15.1 Å². The van der Waals surface area contributed by atoms with Gasteiger partial charge in [0.2, 0.25) is 5.88 Å². The van der Waals surface area contributed by atoms with Crippen LogP contribution >= 0.6 is 0 Å². The molecule has 8 nitrogen and oxygen atoms in total. The van der Waals surface area contributed by atoms with Crippen molar-refractivity contribution in [1.82, 2.24) is 15.1 Å². The first-order valence-electron chi connectivity index (χ1n) is 10.1. The molecule has 1 saturated heterocycles. The maximum atomic E-state index is 13.0. The highest BCUT2D eigenvalue weighted by molar-refractivity contribution is 5.95. The van der Waals surface area contributed by atoms with E-state index in [0.29, 0.717) is 68.9 Å². The minimum Gasteiger partial charge on any atom is -0.490 e. The van der Waals surface area contributed by atoms with Crippen LogP contribution in [0.1, 0.15) is 31.1 Å². The largest absolute Gasteiger partial charge is 0.490 e. The number of anilines is 1. The van der Waals surface area contributed by atoms with E-state index in [1.54, 1.807) is 18.2 Å². The van der Waals surface area contributed by atoms with Gasteiger partial charge in [-0.25, -0.2) is 0 Å². The molecule has 1 aromatic carbocycles. The van der Waals surface area contributed by atoms with Gasteiger partial charge in [0.25, 0.3) is 5.91 Å². The van der Waals surface area contributed by atoms with E-state index in [9.17, 15) is 4.79 Å². The van der Waals surface area contributed by atoms with Gasteiger partial charge >= 0.3 is 0 Å². The summed E-state index contributed by atoms with van der Waals surface area (Å²) in [6, 6.07) is 9.07. The Morgan fingerprint density at radius 3 is 2.17 bits per heavy atom. The third-order valence-electron chi connectivity index (χ3n) is 4.60. The Balaban J connectivity index is 1.63. The zero-order valence-corrected chi connectivity index (χ0v) is 17.3. The first-order valence-corrected chi connectivity index (χ1v) is 10.1. The fraction of sp³-hybridized carbons (Fsp3) is 0.476. The van der Waals surface area contributed by atoms with E-state index in [1.807, 2.05) is 37.8 Å². The Kier molecular flexibility index (Phi) is 7.10. The summed E-state index contributed by atoms with van der Waals surface area (Å²) in [5.74, 6) is 2.56. The molecule has 0 N–H and O–H groups in total. The lowest BCUT2D eigenvalue weighted by atomic mass is 10.1. The van der Waals surface area contributed by atoms with Gasteiger partial charge in [-0.1, -0.05) is 0 Å². The molecule has 1 aliphatic rings. The van der Waals surface area contributed by atoms with Crippen LogP contribution in [0.5, 0.6) is 17.4 Å². The number of ether oxygens (including phenoxy) is 3. The number of carbonyl (C=O) groups excluding carboxylic acids is 1. The molecule has 1 aromatic heterocycles. The Bertz CT molecular complexity index is 805. The molecule has 8 heteroatoms. The number of piperazine rings is 1. The van der Waals surface area contributed by atoms with Crippen molar-refractivity contribution in [2.75, 3.05) is 50.9 Å².